The predicted octanol–water partition coefficient (Wildman–Crippen LogP) is 1.56. The standard InChI is InChI=1S/C18H16N4O3/c1-20-16-13-5-4-10-19-22(13)15(11-6-8-12(25-3)9-7-11)14(16)17(23)21(2)18(20)24/h4-10H,1-3H3. The summed E-state index contributed by atoms with van der Waals surface area (Å²) in [6.07, 6.45) is 1.65. The van der Waals surface area contributed by atoms with Crippen LogP contribution >= 0.6 is 0 Å². The molecule has 0 aliphatic heterocycles. The van der Waals surface area contributed by atoms with E-state index in [1.807, 2.05) is 30.3 Å². The average Bonchev–Trinajstić information content (AvgIpc) is 3.00. The van der Waals surface area contributed by atoms with Crippen molar-refractivity contribution in [2.45, 2.75) is 0 Å². The average molecular weight is 336 g/mol. The topological polar surface area (TPSA) is 70.5 Å². The normalized spacial score (nSPS) is 11.3. The van der Waals surface area contributed by atoms with E-state index < -0.39 is 0 Å². The van der Waals surface area contributed by atoms with Crippen LogP contribution in [0, 0.1) is 0 Å². The molecule has 126 valence electrons. The minimum atomic E-state index is -0.366. The molecule has 3 heterocycles. The molecular formula is C18H16N4O3. The third kappa shape index (κ3) is 2.02. The lowest BCUT2D eigenvalue weighted by Gasteiger charge is -2.06. The zero-order valence-corrected chi connectivity index (χ0v) is 14.1. The smallest absolute Gasteiger partial charge is 0.331 e. The van der Waals surface area contributed by atoms with Gasteiger partial charge in [0.05, 0.1) is 29.2 Å². The van der Waals surface area contributed by atoms with Gasteiger partial charge in [-0.1, -0.05) is 0 Å². The molecule has 7 nitrogen and oxygen atoms in total. The molecule has 0 aliphatic rings. The maximum Gasteiger partial charge on any atom is 0.331 e. The Kier molecular flexibility index (Phi) is 3.24. The van der Waals surface area contributed by atoms with E-state index in [1.54, 1.807) is 30.9 Å². The largest absolute Gasteiger partial charge is 0.497 e. The van der Waals surface area contributed by atoms with E-state index in [9.17, 15) is 9.59 Å². The highest BCUT2D eigenvalue weighted by Crippen LogP contribution is 2.31. The van der Waals surface area contributed by atoms with Gasteiger partial charge in [-0.25, -0.2) is 9.31 Å². The van der Waals surface area contributed by atoms with Gasteiger partial charge in [-0.3, -0.25) is 13.9 Å². The Labute approximate surface area is 142 Å². The van der Waals surface area contributed by atoms with Crippen LogP contribution in [0.25, 0.3) is 27.7 Å². The maximum absolute atomic E-state index is 12.9. The van der Waals surface area contributed by atoms with Gasteiger partial charge in [0, 0.05) is 25.9 Å². The zero-order chi connectivity index (χ0) is 17.7. The summed E-state index contributed by atoms with van der Waals surface area (Å²) in [6, 6.07) is 11.0. The number of rotatable bonds is 2. The van der Waals surface area contributed by atoms with Crippen molar-refractivity contribution in [3.8, 4) is 17.0 Å². The number of nitrogens with zero attached hydrogens (tertiary/aromatic N) is 4. The molecule has 0 radical (unpaired) electrons. The quantitative estimate of drug-likeness (QED) is 0.557. The number of hydrogen-bond acceptors (Lipinski definition) is 4. The first-order valence-electron chi connectivity index (χ1n) is 7.74. The van der Waals surface area contributed by atoms with Crippen LogP contribution in [0.4, 0.5) is 0 Å². The van der Waals surface area contributed by atoms with Gasteiger partial charge in [-0.05, 0) is 36.4 Å². The van der Waals surface area contributed by atoms with E-state index >= 15 is 0 Å². The third-order valence-electron chi connectivity index (χ3n) is 4.47. The van der Waals surface area contributed by atoms with Gasteiger partial charge in [-0.15, -0.1) is 0 Å². The molecule has 0 fully saturated rings. The van der Waals surface area contributed by atoms with E-state index in [0.717, 1.165) is 15.9 Å². The van der Waals surface area contributed by atoms with E-state index in [2.05, 4.69) is 5.10 Å². The van der Waals surface area contributed by atoms with Crippen LogP contribution in [-0.4, -0.2) is 25.9 Å². The highest BCUT2D eigenvalue weighted by atomic mass is 16.5. The van der Waals surface area contributed by atoms with Gasteiger partial charge in [0.1, 0.15) is 5.75 Å². The van der Waals surface area contributed by atoms with Crippen LogP contribution < -0.4 is 16.0 Å². The minimum absolute atomic E-state index is 0.339. The molecule has 0 bridgehead atoms. The Morgan fingerprint density at radius 1 is 1.00 bits per heavy atom. The Balaban J connectivity index is 2.26. The molecule has 0 aliphatic carbocycles. The predicted molar refractivity (Wildman–Crippen MR) is 95.2 cm³/mol. The summed E-state index contributed by atoms with van der Waals surface area (Å²) < 4.78 is 9.51. The van der Waals surface area contributed by atoms with Crippen LogP contribution in [-0.2, 0) is 14.1 Å². The minimum Gasteiger partial charge on any atom is -0.497 e. The van der Waals surface area contributed by atoms with Crippen LogP contribution in [0.15, 0.2) is 52.2 Å². The maximum atomic E-state index is 12.9. The van der Waals surface area contributed by atoms with Crippen LogP contribution in [0.3, 0.4) is 0 Å². The molecule has 25 heavy (non-hydrogen) atoms. The van der Waals surface area contributed by atoms with Gasteiger partial charge < -0.3 is 4.74 Å². The second-order valence-corrected chi connectivity index (χ2v) is 5.83. The summed E-state index contributed by atoms with van der Waals surface area (Å²) in [6.45, 7) is 0. The molecule has 0 N–H and O–H groups in total. The summed E-state index contributed by atoms with van der Waals surface area (Å²) in [7, 11) is 4.75. The Hall–Kier alpha value is -3.35. The fraction of sp³-hybridized carbons (Fsp3) is 0.167. The number of fused-ring (bicyclic) bond motifs is 3. The van der Waals surface area contributed by atoms with Crippen LogP contribution in [0.1, 0.15) is 0 Å². The van der Waals surface area contributed by atoms with Crippen molar-refractivity contribution in [2.75, 3.05) is 7.11 Å². The molecular weight excluding hydrogens is 320 g/mol. The van der Waals surface area contributed by atoms with Crippen molar-refractivity contribution >= 4 is 16.4 Å². The lowest BCUT2D eigenvalue weighted by Crippen LogP contribution is -2.36. The second kappa shape index (κ2) is 5.34. The number of aromatic nitrogens is 4. The zero-order valence-electron chi connectivity index (χ0n) is 14.1. The summed E-state index contributed by atoms with van der Waals surface area (Å²) in [5.41, 5.74) is 2.06. The van der Waals surface area contributed by atoms with E-state index in [1.165, 1.54) is 11.6 Å². The molecule has 3 aromatic heterocycles. The fourth-order valence-electron chi connectivity index (χ4n) is 3.21. The van der Waals surface area contributed by atoms with Gasteiger partial charge in [0.2, 0.25) is 0 Å². The van der Waals surface area contributed by atoms with Crippen molar-refractivity contribution in [1.29, 1.82) is 0 Å². The Morgan fingerprint density at radius 3 is 2.40 bits per heavy atom. The number of benzene rings is 1. The van der Waals surface area contributed by atoms with Gasteiger partial charge in [-0.2, -0.15) is 5.10 Å². The summed E-state index contributed by atoms with van der Waals surface area (Å²) in [5.74, 6) is 0.724. The molecule has 4 rings (SSSR count). The summed E-state index contributed by atoms with van der Waals surface area (Å²) in [5, 5.41) is 4.87. The number of ether oxygens (including phenoxy) is 1. The molecule has 0 atom stereocenters. The lowest BCUT2D eigenvalue weighted by molar-refractivity contribution is 0.415. The molecule has 0 saturated heterocycles. The van der Waals surface area contributed by atoms with Gasteiger partial charge in [0.25, 0.3) is 5.56 Å². The highest BCUT2D eigenvalue weighted by Gasteiger charge is 2.21. The van der Waals surface area contributed by atoms with E-state index in [-0.39, 0.29) is 11.2 Å². The second-order valence-electron chi connectivity index (χ2n) is 5.83. The lowest BCUT2D eigenvalue weighted by atomic mass is 10.1. The number of hydrogen-bond donors (Lipinski definition) is 0. The molecule has 7 heteroatoms. The van der Waals surface area contributed by atoms with Crippen molar-refractivity contribution in [2.24, 2.45) is 14.1 Å². The molecule has 0 amide bonds. The Morgan fingerprint density at radius 2 is 1.72 bits per heavy atom. The van der Waals surface area contributed by atoms with Crippen molar-refractivity contribution in [3.63, 3.8) is 0 Å². The molecule has 1 aromatic carbocycles. The van der Waals surface area contributed by atoms with Gasteiger partial charge in [0.15, 0.2) is 0 Å². The first-order valence-corrected chi connectivity index (χ1v) is 7.74. The van der Waals surface area contributed by atoms with Crippen molar-refractivity contribution in [3.05, 3.63) is 63.4 Å². The molecule has 4 aromatic rings. The SMILES string of the molecule is COc1ccc(-c2c3c(=O)n(C)c(=O)n(C)c3c3cccnn23)cc1. The van der Waals surface area contributed by atoms with E-state index in [0.29, 0.717) is 22.1 Å². The van der Waals surface area contributed by atoms with Crippen molar-refractivity contribution in [1.82, 2.24) is 18.7 Å². The van der Waals surface area contributed by atoms with Crippen molar-refractivity contribution < 1.29 is 4.74 Å². The Bertz CT molecular complexity index is 1230. The van der Waals surface area contributed by atoms with Crippen LogP contribution in [0.2, 0.25) is 0 Å². The summed E-state index contributed by atoms with van der Waals surface area (Å²) >= 11 is 0. The third-order valence-corrected chi connectivity index (χ3v) is 4.47. The summed E-state index contributed by atoms with van der Waals surface area (Å²) in [4.78, 5) is 25.2. The number of methoxy groups -OCH3 is 1. The monoisotopic (exact) mass is 336 g/mol. The first kappa shape index (κ1) is 15.2. The van der Waals surface area contributed by atoms with Gasteiger partial charge >= 0.3 is 5.69 Å². The molecule has 0 saturated carbocycles. The highest BCUT2D eigenvalue weighted by molar-refractivity contribution is 6.03. The first-order chi connectivity index (χ1) is 12.0. The van der Waals surface area contributed by atoms with E-state index in [4.69, 9.17) is 4.74 Å². The molecule has 0 unspecified atom stereocenters. The number of aryl methyl sites for hydroxylation is 1. The van der Waals surface area contributed by atoms with Crippen LogP contribution in [0.5, 0.6) is 5.75 Å². The fourth-order valence-corrected chi connectivity index (χ4v) is 3.21. The molecule has 0 spiro atoms.